The second-order valence-corrected chi connectivity index (χ2v) is 7.33. The van der Waals surface area contributed by atoms with E-state index in [0.29, 0.717) is 17.4 Å². The number of nitrogens with one attached hydrogen (secondary N) is 1. The summed E-state index contributed by atoms with van der Waals surface area (Å²) < 4.78 is 0. The van der Waals surface area contributed by atoms with Gasteiger partial charge < -0.3 is 15.6 Å². The largest absolute Gasteiger partial charge is 0.398 e. The Kier molecular flexibility index (Phi) is 4.68. The van der Waals surface area contributed by atoms with Crippen molar-refractivity contribution in [2.75, 3.05) is 23.7 Å². The van der Waals surface area contributed by atoms with Crippen molar-refractivity contribution >= 4 is 22.5 Å². The van der Waals surface area contributed by atoms with Crippen molar-refractivity contribution in [3.8, 4) is 6.07 Å². The Morgan fingerprint density at radius 1 is 1.37 bits per heavy atom. The van der Waals surface area contributed by atoms with Crippen LogP contribution in [0.3, 0.4) is 0 Å². The third-order valence-electron chi connectivity index (χ3n) is 5.68. The predicted octanol–water partition coefficient (Wildman–Crippen LogP) is 3.82. The van der Waals surface area contributed by atoms with Gasteiger partial charge in [-0.1, -0.05) is 13.0 Å². The molecule has 0 amide bonds. The molecule has 1 aliphatic rings. The Balaban J connectivity index is 1.49. The first-order chi connectivity index (χ1) is 13.2. The van der Waals surface area contributed by atoms with E-state index in [1.165, 1.54) is 5.56 Å². The van der Waals surface area contributed by atoms with Crippen molar-refractivity contribution < 1.29 is 0 Å². The van der Waals surface area contributed by atoms with E-state index in [1.54, 1.807) is 12.4 Å². The highest BCUT2D eigenvalue weighted by atomic mass is 15.2. The van der Waals surface area contributed by atoms with Crippen LogP contribution < -0.4 is 10.6 Å². The molecule has 2 unspecified atom stereocenters. The van der Waals surface area contributed by atoms with Gasteiger partial charge in [-0.3, -0.25) is 0 Å². The van der Waals surface area contributed by atoms with Crippen LogP contribution in [0.5, 0.6) is 0 Å². The standard InChI is InChI=1S/C21H24N6/c1-2-16(17-4-3-14(11-22)10-19(17)23)9-15-6-8-27(12-15)21-18-5-7-24-20(18)25-13-26-21/h3-5,7,10,13,15-16H,2,6,8-9,12,23H2,1H3,(H,24,25,26). The van der Waals surface area contributed by atoms with Gasteiger partial charge in [0, 0.05) is 25.0 Å². The minimum absolute atomic E-state index is 0.417. The first kappa shape index (κ1) is 17.3. The number of hydrogen-bond acceptors (Lipinski definition) is 5. The fourth-order valence-electron chi connectivity index (χ4n) is 4.26. The van der Waals surface area contributed by atoms with Crippen molar-refractivity contribution in [2.45, 2.75) is 32.1 Å². The van der Waals surface area contributed by atoms with Crippen molar-refractivity contribution in [2.24, 2.45) is 5.92 Å². The minimum Gasteiger partial charge on any atom is -0.398 e. The Morgan fingerprint density at radius 3 is 3.04 bits per heavy atom. The summed E-state index contributed by atoms with van der Waals surface area (Å²) in [6, 6.07) is 9.90. The lowest BCUT2D eigenvalue weighted by molar-refractivity contribution is 0.461. The Morgan fingerprint density at radius 2 is 2.26 bits per heavy atom. The molecule has 1 aromatic carbocycles. The monoisotopic (exact) mass is 360 g/mol. The molecular formula is C21H24N6. The molecule has 1 saturated heterocycles. The molecule has 6 heteroatoms. The van der Waals surface area contributed by atoms with E-state index in [9.17, 15) is 0 Å². The molecule has 3 N–H and O–H groups in total. The second-order valence-electron chi connectivity index (χ2n) is 7.33. The summed E-state index contributed by atoms with van der Waals surface area (Å²) in [6.45, 7) is 4.23. The third-order valence-corrected chi connectivity index (χ3v) is 5.68. The fraction of sp³-hybridized carbons (Fsp3) is 0.381. The lowest BCUT2D eigenvalue weighted by Crippen LogP contribution is -2.21. The van der Waals surface area contributed by atoms with Gasteiger partial charge in [0.25, 0.3) is 0 Å². The molecular weight excluding hydrogens is 336 g/mol. The number of anilines is 2. The van der Waals surface area contributed by atoms with Crippen LogP contribution in [-0.2, 0) is 0 Å². The summed E-state index contributed by atoms with van der Waals surface area (Å²) in [4.78, 5) is 14.3. The van der Waals surface area contributed by atoms with Crippen molar-refractivity contribution in [3.05, 3.63) is 47.9 Å². The molecule has 3 heterocycles. The zero-order chi connectivity index (χ0) is 18.8. The Bertz CT molecular complexity index is 986. The molecule has 0 saturated carbocycles. The molecule has 1 aliphatic heterocycles. The Labute approximate surface area is 159 Å². The quantitative estimate of drug-likeness (QED) is 0.675. The van der Waals surface area contributed by atoms with Crippen LogP contribution >= 0.6 is 0 Å². The van der Waals surface area contributed by atoms with Gasteiger partial charge >= 0.3 is 0 Å². The number of nitrogens with zero attached hydrogens (tertiary/aromatic N) is 4. The van der Waals surface area contributed by atoms with Crippen molar-refractivity contribution in [1.29, 1.82) is 5.26 Å². The zero-order valence-corrected chi connectivity index (χ0v) is 15.5. The van der Waals surface area contributed by atoms with Crippen LogP contribution in [0.4, 0.5) is 11.5 Å². The number of H-pyrrole nitrogens is 1. The average Bonchev–Trinajstić information content (AvgIpc) is 3.35. The number of rotatable bonds is 5. The van der Waals surface area contributed by atoms with Crippen molar-refractivity contribution in [3.63, 3.8) is 0 Å². The average molecular weight is 360 g/mol. The van der Waals surface area contributed by atoms with Gasteiger partial charge in [0.1, 0.15) is 17.8 Å². The molecule has 138 valence electrons. The fourth-order valence-corrected chi connectivity index (χ4v) is 4.26. The second kappa shape index (κ2) is 7.28. The summed E-state index contributed by atoms with van der Waals surface area (Å²) in [5, 5.41) is 10.1. The van der Waals surface area contributed by atoms with Crippen LogP contribution in [0.15, 0.2) is 36.8 Å². The number of hydrogen-bond donors (Lipinski definition) is 2. The number of nitriles is 1. The topological polar surface area (TPSA) is 94.6 Å². The SMILES string of the molecule is CCC(CC1CCN(c2ncnc3[nH]ccc23)C1)c1ccc(C#N)cc1N. The molecule has 0 bridgehead atoms. The van der Waals surface area contributed by atoms with Gasteiger partial charge in [-0.05, 0) is 54.9 Å². The summed E-state index contributed by atoms with van der Waals surface area (Å²) in [5.74, 6) is 2.05. The molecule has 2 aromatic heterocycles. The third kappa shape index (κ3) is 3.33. The summed E-state index contributed by atoms with van der Waals surface area (Å²) in [7, 11) is 0. The maximum atomic E-state index is 9.05. The lowest BCUT2D eigenvalue weighted by Gasteiger charge is -2.22. The van der Waals surface area contributed by atoms with Crippen molar-refractivity contribution in [1.82, 2.24) is 15.0 Å². The molecule has 0 aliphatic carbocycles. The van der Waals surface area contributed by atoms with E-state index in [1.807, 2.05) is 24.4 Å². The van der Waals surface area contributed by atoms with E-state index >= 15 is 0 Å². The van der Waals surface area contributed by atoms with Gasteiger partial charge in [0.05, 0.1) is 17.0 Å². The molecule has 3 aromatic rings. The summed E-state index contributed by atoms with van der Waals surface area (Å²) in [6.07, 6.45) is 6.85. The maximum absolute atomic E-state index is 9.05. The van der Waals surface area contributed by atoms with Gasteiger partial charge in [-0.25, -0.2) is 9.97 Å². The molecule has 0 spiro atoms. The minimum atomic E-state index is 0.417. The van der Waals surface area contributed by atoms with E-state index in [2.05, 4.69) is 32.8 Å². The van der Waals surface area contributed by atoms with Gasteiger partial charge in [0.2, 0.25) is 0 Å². The highest BCUT2D eigenvalue weighted by Crippen LogP contribution is 2.36. The predicted molar refractivity (Wildman–Crippen MR) is 107 cm³/mol. The molecule has 0 radical (unpaired) electrons. The molecule has 4 rings (SSSR count). The molecule has 6 nitrogen and oxygen atoms in total. The van der Waals surface area contributed by atoms with E-state index in [4.69, 9.17) is 11.0 Å². The molecule has 1 fully saturated rings. The maximum Gasteiger partial charge on any atom is 0.142 e. The highest BCUT2D eigenvalue weighted by Gasteiger charge is 2.28. The molecule has 2 atom stereocenters. The van der Waals surface area contributed by atoms with Gasteiger partial charge in [0.15, 0.2) is 0 Å². The summed E-state index contributed by atoms with van der Waals surface area (Å²) >= 11 is 0. The molecule has 27 heavy (non-hydrogen) atoms. The van der Waals surface area contributed by atoms with E-state index in [0.717, 1.165) is 54.9 Å². The number of aromatic nitrogens is 3. The van der Waals surface area contributed by atoms with Crippen LogP contribution in [0.2, 0.25) is 0 Å². The zero-order valence-electron chi connectivity index (χ0n) is 15.5. The smallest absolute Gasteiger partial charge is 0.142 e. The van der Waals surface area contributed by atoms with Crippen LogP contribution in [0.25, 0.3) is 11.0 Å². The normalized spacial score (nSPS) is 17.9. The number of aromatic amines is 1. The highest BCUT2D eigenvalue weighted by molar-refractivity contribution is 5.87. The first-order valence-corrected chi connectivity index (χ1v) is 9.52. The number of fused-ring (bicyclic) bond motifs is 1. The van der Waals surface area contributed by atoms with Gasteiger partial charge in [-0.15, -0.1) is 0 Å². The van der Waals surface area contributed by atoms with Crippen LogP contribution in [-0.4, -0.2) is 28.0 Å². The first-order valence-electron chi connectivity index (χ1n) is 9.52. The summed E-state index contributed by atoms with van der Waals surface area (Å²) in [5.41, 5.74) is 9.65. The number of nitrogens with two attached hydrogens (primary N) is 1. The van der Waals surface area contributed by atoms with Crippen LogP contribution in [0, 0.1) is 17.2 Å². The number of nitrogen functional groups attached to an aromatic ring is 1. The van der Waals surface area contributed by atoms with Gasteiger partial charge in [-0.2, -0.15) is 5.26 Å². The Hall–Kier alpha value is -3.07. The van der Waals surface area contributed by atoms with E-state index < -0.39 is 0 Å². The van der Waals surface area contributed by atoms with E-state index in [-0.39, 0.29) is 0 Å². The lowest BCUT2D eigenvalue weighted by atomic mass is 9.85. The van der Waals surface area contributed by atoms with Crippen LogP contribution in [0.1, 0.15) is 43.2 Å². The number of benzene rings is 1.